The molecular formula is C16H21N3O2S. The van der Waals surface area contributed by atoms with Gasteiger partial charge in [0.25, 0.3) is 0 Å². The molecule has 1 atom stereocenters. The number of carbonyl (C=O) groups excluding carboxylic acids is 1. The minimum atomic E-state index is 0.161. The minimum absolute atomic E-state index is 0.161. The standard InChI is InChI=1S/C16H21N3O2S/c1-10(2)16-17-14(21-18-16)4-5-15(20)19-8-6-13-12(11(19)3)7-9-22-13/h7,9-11H,4-6,8H2,1-3H3/t11-/m0/s1. The van der Waals surface area contributed by atoms with Crippen molar-refractivity contribution in [3.8, 4) is 0 Å². The topological polar surface area (TPSA) is 59.2 Å². The third-order valence-corrected chi connectivity index (χ3v) is 5.15. The van der Waals surface area contributed by atoms with E-state index in [2.05, 4.69) is 28.5 Å². The number of hydrogen-bond acceptors (Lipinski definition) is 5. The Morgan fingerprint density at radius 1 is 1.55 bits per heavy atom. The molecule has 22 heavy (non-hydrogen) atoms. The van der Waals surface area contributed by atoms with Gasteiger partial charge in [-0.15, -0.1) is 11.3 Å². The normalized spacial score (nSPS) is 17.8. The van der Waals surface area contributed by atoms with E-state index in [1.54, 1.807) is 11.3 Å². The molecule has 6 heteroatoms. The van der Waals surface area contributed by atoms with Crippen molar-refractivity contribution in [1.82, 2.24) is 15.0 Å². The van der Waals surface area contributed by atoms with Crippen LogP contribution in [0.15, 0.2) is 16.0 Å². The van der Waals surface area contributed by atoms with Crippen LogP contribution in [0, 0.1) is 0 Å². The quantitative estimate of drug-likeness (QED) is 0.867. The highest BCUT2D eigenvalue weighted by atomic mass is 32.1. The largest absolute Gasteiger partial charge is 0.339 e. The second-order valence-corrected chi connectivity index (χ2v) is 7.01. The van der Waals surface area contributed by atoms with Crippen LogP contribution >= 0.6 is 11.3 Å². The van der Waals surface area contributed by atoms with Gasteiger partial charge in [-0.25, -0.2) is 0 Å². The lowest BCUT2D eigenvalue weighted by Crippen LogP contribution is -2.38. The number of hydrogen-bond donors (Lipinski definition) is 0. The van der Waals surface area contributed by atoms with Crippen molar-refractivity contribution in [3.05, 3.63) is 33.6 Å². The predicted octanol–water partition coefficient (Wildman–Crippen LogP) is 3.33. The van der Waals surface area contributed by atoms with Crippen LogP contribution in [0.1, 0.15) is 61.3 Å². The predicted molar refractivity (Wildman–Crippen MR) is 84.9 cm³/mol. The lowest BCUT2D eigenvalue weighted by molar-refractivity contribution is -0.133. The third kappa shape index (κ3) is 2.92. The van der Waals surface area contributed by atoms with Gasteiger partial charge >= 0.3 is 0 Å². The fourth-order valence-corrected chi connectivity index (χ4v) is 3.77. The zero-order valence-electron chi connectivity index (χ0n) is 13.2. The zero-order valence-corrected chi connectivity index (χ0v) is 14.0. The maximum absolute atomic E-state index is 12.5. The molecular weight excluding hydrogens is 298 g/mol. The molecule has 5 nitrogen and oxygen atoms in total. The van der Waals surface area contributed by atoms with Gasteiger partial charge in [0.2, 0.25) is 11.8 Å². The molecule has 0 saturated carbocycles. The number of nitrogens with zero attached hydrogens (tertiary/aromatic N) is 3. The Morgan fingerprint density at radius 2 is 2.36 bits per heavy atom. The average molecular weight is 319 g/mol. The first-order chi connectivity index (χ1) is 10.6. The van der Waals surface area contributed by atoms with Gasteiger partial charge < -0.3 is 9.42 Å². The maximum atomic E-state index is 12.5. The number of rotatable bonds is 4. The van der Waals surface area contributed by atoms with Gasteiger partial charge in [0.05, 0.1) is 6.04 Å². The molecule has 118 valence electrons. The van der Waals surface area contributed by atoms with Crippen LogP contribution in [0.2, 0.25) is 0 Å². The molecule has 0 N–H and O–H groups in total. The lowest BCUT2D eigenvalue weighted by atomic mass is 10.0. The summed E-state index contributed by atoms with van der Waals surface area (Å²) in [6.45, 7) is 6.95. The first kappa shape index (κ1) is 15.2. The maximum Gasteiger partial charge on any atom is 0.227 e. The number of thiophene rings is 1. The molecule has 1 aliphatic rings. The molecule has 0 aromatic carbocycles. The lowest BCUT2D eigenvalue weighted by Gasteiger charge is -2.33. The summed E-state index contributed by atoms with van der Waals surface area (Å²) in [6.07, 6.45) is 1.89. The Kier molecular flexibility index (Phi) is 4.29. The summed E-state index contributed by atoms with van der Waals surface area (Å²) in [5.74, 6) is 1.66. The van der Waals surface area contributed by atoms with Crippen molar-refractivity contribution < 1.29 is 9.32 Å². The van der Waals surface area contributed by atoms with Crippen molar-refractivity contribution in [2.45, 2.75) is 52.0 Å². The van der Waals surface area contributed by atoms with Crippen molar-refractivity contribution in [2.24, 2.45) is 0 Å². The van der Waals surface area contributed by atoms with Crippen LogP contribution in [0.5, 0.6) is 0 Å². The molecule has 3 rings (SSSR count). The van der Waals surface area contributed by atoms with Crippen LogP contribution in [0.25, 0.3) is 0 Å². The summed E-state index contributed by atoms with van der Waals surface area (Å²) in [4.78, 5) is 20.2. The van der Waals surface area contributed by atoms with Crippen LogP contribution < -0.4 is 0 Å². The number of amides is 1. The highest BCUT2D eigenvalue weighted by molar-refractivity contribution is 7.10. The second-order valence-electron chi connectivity index (χ2n) is 6.01. The zero-order chi connectivity index (χ0) is 15.7. The van der Waals surface area contributed by atoms with E-state index in [0.29, 0.717) is 24.6 Å². The molecule has 2 aromatic rings. The van der Waals surface area contributed by atoms with E-state index in [0.717, 1.165) is 13.0 Å². The van der Waals surface area contributed by atoms with E-state index in [-0.39, 0.29) is 17.9 Å². The number of fused-ring (bicyclic) bond motifs is 1. The Labute approximate surface area is 134 Å². The smallest absolute Gasteiger partial charge is 0.227 e. The Hall–Kier alpha value is -1.69. The van der Waals surface area contributed by atoms with Crippen LogP contribution in [-0.4, -0.2) is 27.5 Å². The van der Waals surface area contributed by atoms with Gasteiger partial charge in [0, 0.05) is 30.2 Å². The molecule has 0 bridgehead atoms. The highest BCUT2D eigenvalue weighted by Crippen LogP contribution is 2.33. The van der Waals surface area contributed by atoms with Gasteiger partial charge in [0.15, 0.2) is 5.82 Å². The summed E-state index contributed by atoms with van der Waals surface area (Å²) >= 11 is 1.79. The van der Waals surface area contributed by atoms with Gasteiger partial charge in [-0.2, -0.15) is 4.98 Å². The first-order valence-electron chi connectivity index (χ1n) is 7.74. The summed E-state index contributed by atoms with van der Waals surface area (Å²) in [6, 6.07) is 2.30. The van der Waals surface area contributed by atoms with E-state index in [1.807, 2.05) is 18.7 Å². The molecule has 0 fully saturated rings. The Morgan fingerprint density at radius 3 is 3.09 bits per heavy atom. The van der Waals surface area contributed by atoms with Crippen molar-refractivity contribution in [3.63, 3.8) is 0 Å². The molecule has 0 unspecified atom stereocenters. The molecule has 1 aliphatic heterocycles. The number of aromatic nitrogens is 2. The van der Waals surface area contributed by atoms with Crippen molar-refractivity contribution in [2.75, 3.05) is 6.54 Å². The van der Waals surface area contributed by atoms with Gasteiger partial charge in [-0.05, 0) is 30.4 Å². The number of aryl methyl sites for hydroxylation is 1. The SMILES string of the molecule is CC(C)c1noc(CCC(=O)N2CCc3sccc3[C@@H]2C)n1. The highest BCUT2D eigenvalue weighted by Gasteiger charge is 2.28. The van der Waals surface area contributed by atoms with E-state index in [4.69, 9.17) is 4.52 Å². The molecule has 0 radical (unpaired) electrons. The molecule has 3 heterocycles. The fourth-order valence-electron chi connectivity index (χ4n) is 2.81. The van der Waals surface area contributed by atoms with Crippen LogP contribution in [0.3, 0.4) is 0 Å². The van der Waals surface area contributed by atoms with Gasteiger partial charge in [-0.3, -0.25) is 4.79 Å². The molecule has 0 aliphatic carbocycles. The van der Waals surface area contributed by atoms with Gasteiger partial charge in [0.1, 0.15) is 0 Å². The second kappa shape index (κ2) is 6.20. The van der Waals surface area contributed by atoms with E-state index in [1.165, 1.54) is 10.4 Å². The summed E-state index contributed by atoms with van der Waals surface area (Å²) < 4.78 is 5.20. The Balaban J connectivity index is 1.60. The third-order valence-electron chi connectivity index (χ3n) is 4.15. The summed E-state index contributed by atoms with van der Waals surface area (Å²) in [7, 11) is 0. The van der Waals surface area contributed by atoms with E-state index < -0.39 is 0 Å². The van der Waals surface area contributed by atoms with Gasteiger partial charge in [-0.1, -0.05) is 19.0 Å². The molecule has 0 spiro atoms. The summed E-state index contributed by atoms with van der Waals surface area (Å²) in [5.41, 5.74) is 1.30. The molecule has 2 aromatic heterocycles. The average Bonchev–Trinajstić information content (AvgIpc) is 3.14. The van der Waals surface area contributed by atoms with Crippen molar-refractivity contribution in [1.29, 1.82) is 0 Å². The van der Waals surface area contributed by atoms with Crippen LogP contribution in [-0.2, 0) is 17.6 Å². The van der Waals surface area contributed by atoms with Crippen molar-refractivity contribution >= 4 is 17.2 Å². The monoisotopic (exact) mass is 319 g/mol. The Bertz CT molecular complexity index is 662. The molecule has 1 amide bonds. The first-order valence-corrected chi connectivity index (χ1v) is 8.62. The van der Waals surface area contributed by atoms with E-state index >= 15 is 0 Å². The minimum Gasteiger partial charge on any atom is -0.339 e. The number of carbonyl (C=O) groups is 1. The van der Waals surface area contributed by atoms with E-state index in [9.17, 15) is 4.79 Å². The van der Waals surface area contributed by atoms with Crippen LogP contribution in [0.4, 0.5) is 0 Å². The summed E-state index contributed by atoms with van der Waals surface area (Å²) in [5, 5.41) is 6.05. The fraction of sp³-hybridized carbons (Fsp3) is 0.562. The molecule has 0 saturated heterocycles.